The van der Waals surface area contributed by atoms with Gasteiger partial charge in [-0.3, -0.25) is 0 Å². The third-order valence-corrected chi connectivity index (χ3v) is 3.62. The Hall–Kier alpha value is -2.40. The number of hydrogen-bond acceptors (Lipinski definition) is 5. The average Bonchev–Trinajstić information content (AvgIpc) is 2.92. The summed E-state index contributed by atoms with van der Waals surface area (Å²) in [6.45, 7) is 2.92. The van der Waals surface area contributed by atoms with Gasteiger partial charge in [0.05, 0.1) is 24.6 Å². The van der Waals surface area contributed by atoms with Crippen molar-refractivity contribution >= 4 is 11.4 Å². The zero-order valence-electron chi connectivity index (χ0n) is 12.5. The Labute approximate surface area is 129 Å². The SMILES string of the molecule is Cc1ccc(N)c(O[C@H]2COC[C@H]2Oc2ccccc2N)c1. The number of nitrogens with two attached hydrogens (primary N) is 2. The van der Waals surface area contributed by atoms with Crippen molar-refractivity contribution in [3.63, 3.8) is 0 Å². The van der Waals surface area contributed by atoms with E-state index in [0.717, 1.165) is 5.56 Å². The molecule has 5 nitrogen and oxygen atoms in total. The van der Waals surface area contributed by atoms with Gasteiger partial charge in [0.25, 0.3) is 0 Å². The molecule has 0 unspecified atom stereocenters. The molecule has 22 heavy (non-hydrogen) atoms. The van der Waals surface area contributed by atoms with Gasteiger partial charge in [-0.1, -0.05) is 18.2 Å². The van der Waals surface area contributed by atoms with Crippen LogP contribution in [0.5, 0.6) is 11.5 Å². The summed E-state index contributed by atoms with van der Waals surface area (Å²) < 4.78 is 17.4. The van der Waals surface area contributed by atoms with Crippen molar-refractivity contribution in [1.29, 1.82) is 0 Å². The molecule has 3 rings (SSSR count). The number of aryl methyl sites for hydroxylation is 1. The Morgan fingerprint density at radius 1 is 0.909 bits per heavy atom. The quantitative estimate of drug-likeness (QED) is 0.847. The van der Waals surface area contributed by atoms with Crippen LogP contribution in [-0.4, -0.2) is 25.4 Å². The van der Waals surface area contributed by atoms with E-state index in [1.807, 2.05) is 43.3 Å². The average molecular weight is 300 g/mol. The summed E-state index contributed by atoms with van der Waals surface area (Å²) in [5.41, 5.74) is 14.2. The van der Waals surface area contributed by atoms with E-state index in [1.54, 1.807) is 6.07 Å². The molecule has 5 heteroatoms. The van der Waals surface area contributed by atoms with Crippen LogP contribution >= 0.6 is 0 Å². The predicted octanol–water partition coefficient (Wildman–Crippen LogP) is 2.38. The van der Waals surface area contributed by atoms with Crippen molar-refractivity contribution in [2.75, 3.05) is 24.7 Å². The van der Waals surface area contributed by atoms with Gasteiger partial charge in [0.2, 0.25) is 0 Å². The highest BCUT2D eigenvalue weighted by atomic mass is 16.6. The molecule has 0 bridgehead atoms. The second-order valence-corrected chi connectivity index (χ2v) is 5.43. The molecule has 116 valence electrons. The first-order chi connectivity index (χ1) is 10.6. The second-order valence-electron chi connectivity index (χ2n) is 5.43. The number of para-hydroxylation sites is 2. The Morgan fingerprint density at radius 2 is 1.55 bits per heavy atom. The van der Waals surface area contributed by atoms with Crippen molar-refractivity contribution < 1.29 is 14.2 Å². The maximum absolute atomic E-state index is 6.00. The molecule has 0 aromatic heterocycles. The molecule has 4 N–H and O–H groups in total. The summed E-state index contributed by atoms with van der Waals surface area (Å²) in [5, 5.41) is 0. The maximum Gasteiger partial charge on any atom is 0.161 e. The first kappa shape index (κ1) is 14.5. The molecular formula is C17H20N2O3. The number of anilines is 2. The highest BCUT2D eigenvalue weighted by Gasteiger charge is 2.32. The molecule has 1 fully saturated rings. The van der Waals surface area contributed by atoms with Crippen LogP contribution in [0.2, 0.25) is 0 Å². The van der Waals surface area contributed by atoms with Gasteiger partial charge in [0, 0.05) is 0 Å². The van der Waals surface area contributed by atoms with E-state index in [0.29, 0.717) is 36.1 Å². The standard InChI is InChI=1S/C17H20N2O3/c1-11-6-7-13(19)15(8-11)22-17-10-20-9-16(17)21-14-5-3-2-4-12(14)18/h2-8,16-17H,9-10,18-19H2,1H3/t16-,17+/m1/s1. The lowest BCUT2D eigenvalue weighted by Gasteiger charge is -2.22. The first-order valence-corrected chi connectivity index (χ1v) is 7.25. The lowest BCUT2D eigenvalue weighted by atomic mass is 10.2. The number of benzene rings is 2. The minimum absolute atomic E-state index is 0.218. The zero-order valence-corrected chi connectivity index (χ0v) is 12.5. The molecule has 0 spiro atoms. The van der Waals surface area contributed by atoms with E-state index in [9.17, 15) is 0 Å². The van der Waals surface area contributed by atoms with Gasteiger partial charge in [0.1, 0.15) is 11.5 Å². The third-order valence-electron chi connectivity index (χ3n) is 3.62. The van der Waals surface area contributed by atoms with Gasteiger partial charge < -0.3 is 25.7 Å². The van der Waals surface area contributed by atoms with Gasteiger partial charge in [-0.25, -0.2) is 0 Å². The van der Waals surface area contributed by atoms with Crippen LogP contribution in [0.3, 0.4) is 0 Å². The van der Waals surface area contributed by atoms with Gasteiger partial charge >= 0.3 is 0 Å². The van der Waals surface area contributed by atoms with Gasteiger partial charge in [0.15, 0.2) is 12.2 Å². The number of hydrogen-bond donors (Lipinski definition) is 2. The molecule has 0 radical (unpaired) electrons. The third kappa shape index (κ3) is 3.09. The van der Waals surface area contributed by atoms with Crippen LogP contribution in [0, 0.1) is 6.92 Å². The van der Waals surface area contributed by atoms with Crippen molar-refractivity contribution in [3.8, 4) is 11.5 Å². The summed E-state index contributed by atoms with van der Waals surface area (Å²) in [6, 6.07) is 13.1. The van der Waals surface area contributed by atoms with Gasteiger partial charge in [-0.05, 0) is 36.8 Å². The molecular weight excluding hydrogens is 280 g/mol. The normalized spacial score (nSPS) is 20.8. The number of nitrogen functional groups attached to an aromatic ring is 2. The summed E-state index contributed by atoms with van der Waals surface area (Å²) >= 11 is 0. The molecule has 1 saturated heterocycles. The zero-order chi connectivity index (χ0) is 15.5. The van der Waals surface area contributed by atoms with Crippen LogP contribution in [0.25, 0.3) is 0 Å². The Bertz CT molecular complexity index is 660. The largest absolute Gasteiger partial charge is 0.482 e. The van der Waals surface area contributed by atoms with Crippen LogP contribution < -0.4 is 20.9 Å². The van der Waals surface area contributed by atoms with E-state index < -0.39 is 0 Å². The number of rotatable bonds is 4. The fraction of sp³-hybridized carbons (Fsp3) is 0.294. The van der Waals surface area contributed by atoms with Gasteiger partial charge in [-0.15, -0.1) is 0 Å². The summed E-state index contributed by atoms with van der Waals surface area (Å²) in [4.78, 5) is 0. The molecule has 0 amide bonds. The molecule has 2 aromatic carbocycles. The summed E-state index contributed by atoms with van der Waals surface area (Å²) in [6.07, 6.45) is -0.437. The highest BCUT2D eigenvalue weighted by Crippen LogP contribution is 2.28. The van der Waals surface area contributed by atoms with E-state index in [-0.39, 0.29) is 12.2 Å². The van der Waals surface area contributed by atoms with Crippen molar-refractivity contribution in [1.82, 2.24) is 0 Å². The summed E-state index contributed by atoms with van der Waals surface area (Å²) in [5.74, 6) is 1.30. The van der Waals surface area contributed by atoms with Crippen LogP contribution in [0.1, 0.15) is 5.56 Å². The van der Waals surface area contributed by atoms with Crippen molar-refractivity contribution in [2.24, 2.45) is 0 Å². The van der Waals surface area contributed by atoms with Crippen LogP contribution in [0.4, 0.5) is 11.4 Å². The Morgan fingerprint density at radius 3 is 2.27 bits per heavy atom. The van der Waals surface area contributed by atoms with Crippen molar-refractivity contribution in [3.05, 3.63) is 48.0 Å². The smallest absolute Gasteiger partial charge is 0.161 e. The maximum atomic E-state index is 6.00. The highest BCUT2D eigenvalue weighted by molar-refractivity contribution is 5.54. The predicted molar refractivity (Wildman–Crippen MR) is 86.1 cm³/mol. The van der Waals surface area contributed by atoms with Crippen molar-refractivity contribution in [2.45, 2.75) is 19.1 Å². The minimum atomic E-state index is -0.219. The van der Waals surface area contributed by atoms with Crippen LogP contribution in [0.15, 0.2) is 42.5 Å². The van der Waals surface area contributed by atoms with E-state index >= 15 is 0 Å². The topological polar surface area (TPSA) is 79.7 Å². The lowest BCUT2D eigenvalue weighted by Crippen LogP contribution is -2.35. The summed E-state index contributed by atoms with van der Waals surface area (Å²) in [7, 11) is 0. The monoisotopic (exact) mass is 300 g/mol. The number of ether oxygens (including phenoxy) is 3. The van der Waals surface area contributed by atoms with E-state index in [1.165, 1.54) is 0 Å². The van der Waals surface area contributed by atoms with E-state index in [2.05, 4.69) is 0 Å². The van der Waals surface area contributed by atoms with Crippen LogP contribution in [-0.2, 0) is 4.74 Å². The molecule has 1 aliphatic heterocycles. The Balaban J connectivity index is 1.73. The lowest BCUT2D eigenvalue weighted by molar-refractivity contribution is 0.0924. The fourth-order valence-electron chi connectivity index (χ4n) is 2.39. The van der Waals surface area contributed by atoms with E-state index in [4.69, 9.17) is 25.7 Å². The first-order valence-electron chi connectivity index (χ1n) is 7.25. The molecule has 2 aromatic rings. The fourth-order valence-corrected chi connectivity index (χ4v) is 2.39. The second kappa shape index (κ2) is 6.15. The molecule has 0 aliphatic carbocycles. The molecule has 1 heterocycles. The Kier molecular flexibility index (Phi) is 4.06. The molecule has 0 saturated carbocycles. The minimum Gasteiger partial charge on any atom is -0.482 e. The molecule has 1 aliphatic rings. The molecule has 2 atom stereocenters. The van der Waals surface area contributed by atoms with Gasteiger partial charge in [-0.2, -0.15) is 0 Å².